The molecule has 1 saturated heterocycles. The Morgan fingerprint density at radius 2 is 1.75 bits per heavy atom. The molecule has 0 atom stereocenters. The van der Waals surface area contributed by atoms with Crippen LogP contribution in [0.15, 0.2) is 53.4 Å². The third kappa shape index (κ3) is 4.12. The third-order valence-electron chi connectivity index (χ3n) is 5.49. The highest BCUT2D eigenvalue weighted by molar-refractivity contribution is 7.90. The van der Waals surface area contributed by atoms with Crippen molar-refractivity contribution < 1.29 is 31.1 Å². The number of rotatable bonds is 5. The van der Waals surface area contributed by atoms with Crippen molar-refractivity contribution in [2.24, 2.45) is 0 Å². The Kier molecular flexibility index (Phi) is 5.76. The number of hydrogen-bond acceptors (Lipinski definition) is 5. The Morgan fingerprint density at radius 3 is 2.41 bits per heavy atom. The van der Waals surface area contributed by atoms with Crippen LogP contribution < -0.4 is 4.74 Å². The number of aromatic nitrogens is 1. The van der Waals surface area contributed by atoms with E-state index in [1.807, 2.05) is 0 Å². The second-order valence-corrected chi connectivity index (χ2v) is 9.49. The lowest BCUT2D eigenvalue weighted by Gasteiger charge is -2.16. The summed E-state index contributed by atoms with van der Waals surface area (Å²) in [6.07, 6.45) is -3.17. The summed E-state index contributed by atoms with van der Waals surface area (Å²) in [5.41, 5.74) is 1.30. The van der Waals surface area contributed by atoms with Crippen LogP contribution in [0.2, 0.25) is 0 Å². The standard InChI is InChI=1S/C22H21F3N2O4S/c1-15-7-2-3-10-19(15)32(29,30)27-18-9-6-8-16(14-26-11-4-5-12-26)17(18)13-20(27)31-21(28)22(23,24)25/h2-3,6-10,13H,4-5,11-12,14H2,1H3. The second kappa shape index (κ2) is 8.25. The molecule has 1 fully saturated rings. The molecular weight excluding hydrogens is 445 g/mol. The first-order valence-electron chi connectivity index (χ1n) is 10.0. The minimum absolute atomic E-state index is 0.0910. The van der Waals surface area contributed by atoms with Crippen LogP contribution in [0.4, 0.5) is 13.2 Å². The van der Waals surface area contributed by atoms with Crippen molar-refractivity contribution in [3.8, 4) is 5.88 Å². The molecular formula is C22H21F3N2O4S. The molecule has 2 aromatic carbocycles. The Morgan fingerprint density at radius 1 is 1.06 bits per heavy atom. The largest absolute Gasteiger partial charge is 0.491 e. The molecule has 1 aliphatic rings. The average Bonchev–Trinajstić information content (AvgIpc) is 3.35. The van der Waals surface area contributed by atoms with Gasteiger partial charge in [-0.05, 0) is 56.1 Å². The monoisotopic (exact) mass is 466 g/mol. The minimum atomic E-state index is -5.27. The van der Waals surface area contributed by atoms with Crippen LogP contribution in [0, 0.1) is 6.92 Å². The molecule has 0 bridgehead atoms. The number of carbonyl (C=O) groups excluding carboxylic acids is 1. The molecule has 3 aromatic rings. The first-order chi connectivity index (χ1) is 15.1. The van der Waals surface area contributed by atoms with Crippen molar-refractivity contribution in [1.82, 2.24) is 8.87 Å². The van der Waals surface area contributed by atoms with Crippen molar-refractivity contribution in [2.45, 2.75) is 37.4 Å². The van der Waals surface area contributed by atoms with E-state index in [9.17, 15) is 26.4 Å². The highest BCUT2D eigenvalue weighted by atomic mass is 32.2. The van der Waals surface area contributed by atoms with E-state index in [0.29, 0.717) is 21.5 Å². The molecule has 32 heavy (non-hydrogen) atoms. The Balaban J connectivity index is 1.91. The fraction of sp³-hybridized carbons (Fsp3) is 0.318. The molecule has 0 amide bonds. The van der Waals surface area contributed by atoms with Crippen LogP contribution in [0.1, 0.15) is 24.0 Å². The third-order valence-corrected chi connectivity index (χ3v) is 7.36. The molecule has 0 radical (unpaired) electrons. The van der Waals surface area contributed by atoms with E-state index in [0.717, 1.165) is 31.5 Å². The average molecular weight is 466 g/mol. The van der Waals surface area contributed by atoms with Gasteiger partial charge in [-0.3, -0.25) is 4.90 Å². The Labute approximate surface area is 183 Å². The summed E-state index contributed by atoms with van der Waals surface area (Å²) < 4.78 is 71.0. The summed E-state index contributed by atoms with van der Waals surface area (Å²) in [6.45, 7) is 3.86. The van der Waals surface area contributed by atoms with Crippen LogP contribution in [0.5, 0.6) is 5.88 Å². The lowest BCUT2D eigenvalue weighted by molar-refractivity contribution is -0.190. The molecule has 0 saturated carbocycles. The van der Waals surface area contributed by atoms with E-state index in [-0.39, 0.29) is 10.4 Å². The van der Waals surface area contributed by atoms with Crippen molar-refractivity contribution in [1.29, 1.82) is 0 Å². The predicted octanol–water partition coefficient (Wildman–Crippen LogP) is 4.25. The molecule has 6 nitrogen and oxygen atoms in total. The van der Waals surface area contributed by atoms with Gasteiger partial charge in [0.25, 0.3) is 10.0 Å². The number of fused-ring (bicyclic) bond motifs is 1. The normalized spacial score (nSPS) is 15.4. The molecule has 1 aromatic heterocycles. The van der Waals surface area contributed by atoms with Gasteiger partial charge in [-0.1, -0.05) is 30.3 Å². The lowest BCUT2D eigenvalue weighted by Crippen LogP contribution is -2.29. The topological polar surface area (TPSA) is 68.6 Å². The van der Waals surface area contributed by atoms with Crippen molar-refractivity contribution in [3.63, 3.8) is 0 Å². The number of benzene rings is 2. The minimum Gasteiger partial charge on any atom is -0.402 e. The zero-order chi connectivity index (χ0) is 23.1. The van der Waals surface area contributed by atoms with Gasteiger partial charge < -0.3 is 4.74 Å². The van der Waals surface area contributed by atoms with Crippen LogP contribution in [0.25, 0.3) is 10.9 Å². The number of carbonyl (C=O) groups is 1. The van der Waals surface area contributed by atoms with Gasteiger partial charge in [0, 0.05) is 18.0 Å². The zero-order valence-electron chi connectivity index (χ0n) is 17.2. The van der Waals surface area contributed by atoms with E-state index >= 15 is 0 Å². The Bertz CT molecular complexity index is 1280. The van der Waals surface area contributed by atoms with E-state index in [1.165, 1.54) is 24.3 Å². The molecule has 170 valence electrons. The van der Waals surface area contributed by atoms with E-state index < -0.39 is 28.0 Å². The smallest absolute Gasteiger partial charge is 0.402 e. The summed E-state index contributed by atoms with van der Waals surface area (Å²) in [4.78, 5) is 13.7. The maximum Gasteiger partial charge on any atom is 0.491 e. The highest BCUT2D eigenvalue weighted by Gasteiger charge is 2.42. The molecule has 0 unspecified atom stereocenters. The number of ether oxygens (including phenoxy) is 1. The van der Waals surface area contributed by atoms with Gasteiger partial charge in [-0.2, -0.15) is 13.2 Å². The lowest BCUT2D eigenvalue weighted by atomic mass is 10.1. The molecule has 4 rings (SSSR count). The van der Waals surface area contributed by atoms with Gasteiger partial charge in [0.05, 0.1) is 10.4 Å². The van der Waals surface area contributed by atoms with E-state index in [4.69, 9.17) is 0 Å². The SMILES string of the molecule is Cc1ccccc1S(=O)(=O)n1c(OC(=O)C(F)(F)F)cc2c(CN3CCCC3)cccc21. The number of aryl methyl sites for hydroxylation is 1. The quantitative estimate of drug-likeness (QED) is 0.526. The molecule has 0 aliphatic carbocycles. The Hall–Kier alpha value is -2.85. The molecule has 2 heterocycles. The molecule has 0 spiro atoms. The summed E-state index contributed by atoms with van der Waals surface area (Å²) in [7, 11) is -4.36. The maximum atomic E-state index is 13.5. The van der Waals surface area contributed by atoms with Crippen molar-refractivity contribution in [2.75, 3.05) is 13.1 Å². The van der Waals surface area contributed by atoms with Crippen LogP contribution in [-0.2, 0) is 21.4 Å². The van der Waals surface area contributed by atoms with Gasteiger partial charge >= 0.3 is 12.1 Å². The summed E-state index contributed by atoms with van der Waals surface area (Å²) in [6, 6.07) is 12.2. The maximum absolute atomic E-state index is 13.5. The number of alkyl halides is 3. The number of nitrogens with zero attached hydrogens (tertiary/aromatic N) is 2. The summed E-state index contributed by atoms with van der Waals surface area (Å²) in [5, 5.41) is 0.418. The number of halogens is 3. The first-order valence-corrected chi connectivity index (χ1v) is 11.5. The summed E-state index contributed by atoms with van der Waals surface area (Å²) in [5.74, 6) is -3.18. The van der Waals surface area contributed by atoms with E-state index in [2.05, 4.69) is 9.64 Å². The predicted molar refractivity (Wildman–Crippen MR) is 112 cm³/mol. The van der Waals surface area contributed by atoms with E-state index in [1.54, 1.807) is 31.2 Å². The van der Waals surface area contributed by atoms with Gasteiger partial charge in [0.1, 0.15) is 0 Å². The number of esters is 1. The van der Waals surface area contributed by atoms with Crippen LogP contribution >= 0.6 is 0 Å². The van der Waals surface area contributed by atoms with Crippen molar-refractivity contribution >= 4 is 26.9 Å². The van der Waals surface area contributed by atoms with Crippen molar-refractivity contribution in [3.05, 3.63) is 59.7 Å². The molecule has 0 N–H and O–H groups in total. The fourth-order valence-electron chi connectivity index (χ4n) is 3.98. The summed E-state index contributed by atoms with van der Waals surface area (Å²) >= 11 is 0. The van der Waals surface area contributed by atoms with Gasteiger partial charge in [-0.15, -0.1) is 0 Å². The van der Waals surface area contributed by atoms with Crippen LogP contribution in [0.3, 0.4) is 0 Å². The highest BCUT2D eigenvalue weighted by Crippen LogP contribution is 2.35. The van der Waals surface area contributed by atoms with Crippen LogP contribution in [-0.4, -0.2) is 42.5 Å². The van der Waals surface area contributed by atoms with Gasteiger partial charge in [0.2, 0.25) is 5.88 Å². The molecule has 1 aliphatic heterocycles. The zero-order valence-corrected chi connectivity index (χ0v) is 18.0. The van der Waals surface area contributed by atoms with Gasteiger partial charge in [-0.25, -0.2) is 17.2 Å². The molecule has 10 heteroatoms. The fourth-order valence-corrected chi connectivity index (χ4v) is 5.65. The van der Waals surface area contributed by atoms with Gasteiger partial charge in [0.15, 0.2) is 0 Å². The number of likely N-dealkylation sites (tertiary alicyclic amines) is 1. The first kappa shape index (κ1) is 22.3. The number of hydrogen-bond donors (Lipinski definition) is 0. The second-order valence-electron chi connectivity index (χ2n) is 7.74.